The Kier molecular flexibility index (Phi) is 3.87. The van der Waals surface area contributed by atoms with Crippen molar-refractivity contribution in [2.75, 3.05) is 37.7 Å². The van der Waals surface area contributed by atoms with Gasteiger partial charge < -0.3 is 14.5 Å². The standard InChI is InChI=1S/C15H21N3O2/c1-12(19)18-6-2-3-14(18)13-4-5-15(16-11-13)17-7-9-20-10-8-17/h4-5,11,14H,2-3,6-10H2,1H3/t14-/m0/s1. The second-order valence-corrected chi connectivity index (χ2v) is 5.42. The first-order valence-electron chi connectivity index (χ1n) is 7.31. The number of amides is 1. The van der Waals surface area contributed by atoms with Gasteiger partial charge in [-0.25, -0.2) is 4.98 Å². The van der Waals surface area contributed by atoms with Gasteiger partial charge in [0.25, 0.3) is 0 Å². The van der Waals surface area contributed by atoms with E-state index in [1.165, 1.54) is 0 Å². The van der Waals surface area contributed by atoms with Gasteiger partial charge in [-0.1, -0.05) is 6.07 Å². The van der Waals surface area contributed by atoms with Crippen molar-refractivity contribution in [3.63, 3.8) is 0 Å². The Hall–Kier alpha value is -1.62. The van der Waals surface area contributed by atoms with Crippen LogP contribution in [0.5, 0.6) is 0 Å². The monoisotopic (exact) mass is 275 g/mol. The third-order valence-electron chi connectivity index (χ3n) is 4.15. The first-order chi connectivity index (χ1) is 9.75. The number of morpholine rings is 1. The molecule has 1 aromatic heterocycles. The number of hydrogen-bond acceptors (Lipinski definition) is 4. The average Bonchev–Trinajstić information content (AvgIpc) is 2.98. The molecule has 2 aliphatic rings. The molecule has 0 saturated carbocycles. The molecule has 2 fully saturated rings. The summed E-state index contributed by atoms with van der Waals surface area (Å²) in [6.07, 6.45) is 4.05. The number of likely N-dealkylation sites (tertiary alicyclic amines) is 1. The molecule has 1 atom stereocenters. The van der Waals surface area contributed by atoms with Gasteiger partial charge >= 0.3 is 0 Å². The lowest BCUT2D eigenvalue weighted by Crippen LogP contribution is -2.36. The van der Waals surface area contributed by atoms with Gasteiger partial charge in [-0.15, -0.1) is 0 Å². The highest BCUT2D eigenvalue weighted by atomic mass is 16.5. The van der Waals surface area contributed by atoms with Gasteiger partial charge in [-0.05, 0) is 24.5 Å². The van der Waals surface area contributed by atoms with Gasteiger partial charge in [0.2, 0.25) is 5.91 Å². The molecule has 0 aromatic carbocycles. The summed E-state index contributed by atoms with van der Waals surface area (Å²) in [5.74, 6) is 1.16. The van der Waals surface area contributed by atoms with Crippen LogP contribution < -0.4 is 4.90 Å². The van der Waals surface area contributed by atoms with Crippen molar-refractivity contribution >= 4 is 11.7 Å². The maximum absolute atomic E-state index is 11.6. The predicted molar refractivity (Wildman–Crippen MR) is 76.6 cm³/mol. The fraction of sp³-hybridized carbons (Fsp3) is 0.600. The van der Waals surface area contributed by atoms with E-state index in [4.69, 9.17) is 4.74 Å². The Balaban J connectivity index is 1.73. The summed E-state index contributed by atoms with van der Waals surface area (Å²) >= 11 is 0. The zero-order chi connectivity index (χ0) is 13.9. The van der Waals surface area contributed by atoms with Crippen LogP contribution >= 0.6 is 0 Å². The Labute approximate surface area is 119 Å². The van der Waals surface area contributed by atoms with Crippen LogP contribution in [0.2, 0.25) is 0 Å². The molecule has 1 amide bonds. The van der Waals surface area contributed by atoms with Gasteiger partial charge in [0.1, 0.15) is 5.82 Å². The van der Waals surface area contributed by atoms with E-state index in [-0.39, 0.29) is 11.9 Å². The van der Waals surface area contributed by atoms with E-state index in [1.807, 2.05) is 11.1 Å². The number of carbonyl (C=O) groups is 1. The van der Waals surface area contributed by atoms with E-state index in [1.54, 1.807) is 6.92 Å². The number of carbonyl (C=O) groups excluding carboxylic acids is 1. The van der Waals surface area contributed by atoms with Gasteiger partial charge in [-0.2, -0.15) is 0 Å². The summed E-state index contributed by atoms with van der Waals surface area (Å²) in [5.41, 5.74) is 1.15. The molecule has 0 unspecified atom stereocenters. The van der Waals surface area contributed by atoms with Crippen molar-refractivity contribution in [3.8, 4) is 0 Å². The number of aromatic nitrogens is 1. The molecule has 2 aliphatic heterocycles. The SMILES string of the molecule is CC(=O)N1CCC[C@H]1c1ccc(N2CCOCC2)nc1. The van der Waals surface area contributed by atoms with Crippen molar-refractivity contribution in [1.82, 2.24) is 9.88 Å². The molecule has 1 aromatic rings. The van der Waals surface area contributed by atoms with E-state index in [0.717, 1.165) is 57.1 Å². The predicted octanol–water partition coefficient (Wildman–Crippen LogP) is 1.60. The van der Waals surface area contributed by atoms with Gasteiger partial charge in [0.15, 0.2) is 0 Å². The number of rotatable bonds is 2. The molecular formula is C15H21N3O2. The van der Waals surface area contributed by atoms with E-state index >= 15 is 0 Å². The van der Waals surface area contributed by atoms with E-state index in [9.17, 15) is 4.79 Å². The van der Waals surface area contributed by atoms with Crippen molar-refractivity contribution in [2.24, 2.45) is 0 Å². The van der Waals surface area contributed by atoms with Crippen LogP contribution in [-0.4, -0.2) is 48.6 Å². The lowest BCUT2D eigenvalue weighted by molar-refractivity contribution is -0.129. The molecule has 5 nitrogen and oxygen atoms in total. The molecular weight excluding hydrogens is 254 g/mol. The molecule has 2 saturated heterocycles. The van der Waals surface area contributed by atoms with E-state index in [0.29, 0.717) is 0 Å². The smallest absolute Gasteiger partial charge is 0.219 e. The van der Waals surface area contributed by atoms with Crippen molar-refractivity contribution in [1.29, 1.82) is 0 Å². The third kappa shape index (κ3) is 2.63. The molecule has 0 radical (unpaired) electrons. The van der Waals surface area contributed by atoms with Crippen LogP contribution in [0.4, 0.5) is 5.82 Å². The van der Waals surface area contributed by atoms with Crippen molar-refractivity contribution in [2.45, 2.75) is 25.8 Å². The molecule has 20 heavy (non-hydrogen) atoms. The number of ether oxygens (including phenoxy) is 1. The second kappa shape index (κ2) is 5.79. The first-order valence-corrected chi connectivity index (χ1v) is 7.31. The molecule has 0 N–H and O–H groups in total. The molecule has 3 heterocycles. The lowest BCUT2D eigenvalue weighted by Gasteiger charge is -2.28. The van der Waals surface area contributed by atoms with Gasteiger partial charge in [0, 0.05) is 32.8 Å². The summed E-state index contributed by atoms with van der Waals surface area (Å²) in [5, 5.41) is 0. The number of pyridine rings is 1. The van der Waals surface area contributed by atoms with Crippen LogP contribution in [0.3, 0.4) is 0 Å². The summed E-state index contributed by atoms with van der Waals surface area (Å²) in [6.45, 7) is 5.85. The highest BCUT2D eigenvalue weighted by molar-refractivity contribution is 5.74. The van der Waals surface area contributed by atoms with Crippen molar-refractivity contribution < 1.29 is 9.53 Å². The molecule has 0 spiro atoms. The Morgan fingerprint density at radius 2 is 2.10 bits per heavy atom. The summed E-state index contributed by atoms with van der Waals surface area (Å²) in [6, 6.07) is 4.39. The van der Waals surface area contributed by atoms with Crippen LogP contribution in [0.25, 0.3) is 0 Å². The van der Waals surface area contributed by atoms with Crippen LogP contribution in [0, 0.1) is 0 Å². The number of hydrogen-bond donors (Lipinski definition) is 0. The topological polar surface area (TPSA) is 45.7 Å². The number of nitrogens with zero attached hydrogens (tertiary/aromatic N) is 3. The second-order valence-electron chi connectivity index (χ2n) is 5.42. The quantitative estimate of drug-likeness (QED) is 0.822. The Morgan fingerprint density at radius 3 is 2.75 bits per heavy atom. The largest absolute Gasteiger partial charge is 0.378 e. The lowest BCUT2D eigenvalue weighted by atomic mass is 10.1. The zero-order valence-electron chi connectivity index (χ0n) is 11.9. The molecule has 108 valence electrons. The Morgan fingerprint density at radius 1 is 1.30 bits per heavy atom. The third-order valence-corrected chi connectivity index (χ3v) is 4.15. The summed E-state index contributed by atoms with van der Waals surface area (Å²) in [4.78, 5) is 20.4. The van der Waals surface area contributed by atoms with Crippen LogP contribution in [-0.2, 0) is 9.53 Å². The zero-order valence-corrected chi connectivity index (χ0v) is 11.9. The highest BCUT2D eigenvalue weighted by Crippen LogP contribution is 2.32. The average molecular weight is 275 g/mol. The molecule has 5 heteroatoms. The molecule has 3 rings (SSSR count). The van der Waals surface area contributed by atoms with Gasteiger partial charge in [0.05, 0.1) is 19.3 Å². The maximum Gasteiger partial charge on any atom is 0.219 e. The van der Waals surface area contributed by atoms with Gasteiger partial charge in [-0.3, -0.25) is 4.79 Å². The van der Waals surface area contributed by atoms with E-state index in [2.05, 4.69) is 22.0 Å². The molecule has 0 aliphatic carbocycles. The maximum atomic E-state index is 11.6. The highest BCUT2D eigenvalue weighted by Gasteiger charge is 2.28. The summed E-state index contributed by atoms with van der Waals surface area (Å²) in [7, 11) is 0. The minimum Gasteiger partial charge on any atom is -0.378 e. The number of anilines is 1. The first kappa shape index (κ1) is 13.4. The fourth-order valence-corrected chi connectivity index (χ4v) is 3.06. The fourth-order valence-electron chi connectivity index (χ4n) is 3.06. The summed E-state index contributed by atoms with van der Waals surface area (Å²) < 4.78 is 5.35. The Bertz CT molecular complexity index is 469. The van der Waals surface area contributed by atoms with Crippen LogP contribution in [0.15, 0.2) is 18.3 Å². The minimum atomic E-state index is 0.157. The molecule has 0 bridgehead atoms. The minimum absolute atomic E-state index is 0.157. The normalized spacial score (nSPS) is 23.1. The van der Waals surface area contributed by atoms with Crippen molar-refractivity contribution in [3.05, 3.63) is 23.9 Å². The van der Waals surface area contributed by atoms with E-state index < -0.39 is 0 Å². The van der Waals surface area contributed by atoms with Crippen LogP contribution in [0.1, 0.15) is 31.4 Å².